The number of pyridine rings is 1. The molecule has 8 nitrogen and oxygen atoms in total. The lowest BCUT2D eigenvalue weighted by Gasteiger charge is -2.22. The van der Waals surface area contributed by atoms with E-state index in [4.69, 9.17) is 0 Å². The van der Waals surface area contributed by atoms with Gasteiger partial charge in [-0.15, -0.1) is 0 Å². The van der Waals surface area contributed by atoms with E-state index in [2.05, 4.69) is 30.6 Å². The zero-order valence-electron chi connectivity index (χ0n) is 15.4. The summed E-state index contributed by atoms with van der Waals surface area (Å²) in [6, 6.07) is 7.16. The van der Waals surface area contributed by atoms with Gasteiger partial charge in [0, 0.05) is 51.5 Å². The van der Waals surface area contributed by atoms with Gasteiger partial charge < -0.3 is 14.8 Å². The first kappa shape index (κ1) is 19.9. The maximum atomic E-state index is 12.2. The summed E-state index contributed by atoms with van der Waals surface area (Å²) in [7, 11) is 0.397. The van der Waals surface area contributed by atoms with Gasteiger partial charge in [0.15, 0.2) is 5.96 Å². The van der Waals surface area contributed by atoms with Crippen LogP contribution in [0, 0.1) is 0 Å². The van der Waals surface area contributed by atoms with Crippen molar-refractivity contribution in [3.63, 3.8) is 0 Å². The molecule has 0 aliphatic rings. The van der Waals surface area contributed by atoms with Crippen LogP contribution >= 0.6 is 0 Å². The highest BCUT2D eigenvalue weighted by atomic mass is 32.2. The molecule has 26 heavy (non-hydrogen) atoms. The van der Waals surface area contributed by atoms with E-state index in [0.717, 1.165) is 18.2 Å². The van der Waals surface area contributed by atoms with Crippen molar-refractivity contribution in [2.45, 2.75) is 18.4 Å². The monoisotopic (exact) mass is 378 g/mol. The van der Waals surface area contributed by atoms with Crippen LogP contribution in [0.1, 0.15) is 12.6 Å². The highest BCUT2D eigenvalue weighted by Crippen LogP contribution is 2.05. The molecule has 0 spiro atoms. The van der Waals surface area contributed by atoms with E-state index in [-0.39, 0.29) is 11.4 Å². The van der Waals surface area contributed by atoms with Crippen LogP contribution in [0.4, 0.5) is 0 Å². The Bertz CT molecular complexity index is 817. The molecule has 0 saturated carbocycles. The molecule has 0 aromatic carbocycles. The molecule has 2 N–H and O–H groups in total. The van der Waals surface area contributed by atoms with Gasteiger partial charge in [-0.1, -0.05) is 0 Å². The lowest BCUT2D eigenvalue weighted by atomic mass is 10.4. The summed E-state index contributed by atoms with van der Waals surface area (Å²) in [4.78, 5) is 10.5. The summed E-state index contributed by atoms with van der Waals surface area (Å²) in [5.41, 5.74) is 1.16. The highest BCUT2D eigenvalue weighted by Gasteiger charge is 2.13. The minimum atomic E-state index is -3.56. The number of hydrogen-bond acceptors (Lipinski definition) is 4. The molecular formula is C17H26N6O2S. The van der Waals surface area contributed by atoms with Crippen LogP contribution in [0.2, 0.25) is 0 Å². The van der Waals surface area contributed by atoms with Crippen molar-refractivity contribution in [3.05, 3.63) is 48.5 Å². The maximum Gasteiger partial charge on any atom is 0.242 e. The molecule has 0 aliphatic heterocycles. The lowest BCUT2D eigenvalue weighted by Crippen LogP contribution is -2.39. The van der Waals surface area contributed by atoms with Gasteiger partial charge in [0.05, 0.1) is 13.1 Å². The van der Waals surface area contributed by atoms with E-state index in [9.17, 15) is 8.42 Å². The van der Waals surface area contributed by atoms with Gasteiger partial charge in [0.1, 0.15) is 4.90 Å². The van der Waals surface area contributed by atoms with E-state index in [1.807, 2.05) is 38.2 Å². The van der Waals surface area contributed by atoms with Crippen LogP contribution in [0.15, 0.2) is 52.7 Å². The quantitative estimate of drug-likeness (QED) is 0.403. The first-order valence-electron chi connectivity index (χ1n) is 8.43. The van der Waals surface area contributed by atoms with Crippen molar-refractivity contribution in [1.82, 2.24) is 24.5 Å². The van der Waals surface area contributed by atoms with Gasteiger partial charge in [0.2, 0.25) is 10.0 Å². The second-order valence-electron chi connectivity index (χ2n) is 5.79. The average molecular weight is 379 g/mol. The van der Waals surface area contributed by atoms with Crippen molar-refractivity contribution in [1.29, 1.82) is 0 Å². The van der Waals surface area contributed by atoms with Crippen molar-refractivity contribution in [2.24, 2.45) is 12.0 Å². The minimum Gasteiger partial charge on any atom is -0.357 e. The van der Waals surface area contributed by atoms with Crippen molar-refractivity contribution in [3.8, 4) is 0 Å². The molecule has 0 atom stereocenters. The fraction of sp³-hybridized carbons (Fsp3) is 0.412. The molecule has 0 unspecified atom stereocenters. The molecule has 142 valence electrons. The molecule has 2 aromatic heterocycles. The smallest absolute Gasteiger partial charge is 0.242 e. The van der Waals surface area contributed by atoms with Crippen molar-refractivity contribution >= 4 is 16.0 Å². The van der Waals surface area contributed by atoms with Gasteiger partial charge in [-0.2, -0.15) is 0 Å². The average Bonchev–Trinajstić information content (AvgIpc) is 3.03. The minimum absolute atomic E-state index is 0.150. The van der Waals surface area contributed by atoms with Crippen LogP contribution in [0.3, 0.4) is 0 Å². The molecular weight excluding hydrogens is 352 g/mol. The number of aliphatic imine (C=N–C) groups is 1. The molecule has 0 aliphatic carbocycles. The summed E-state index contributed by atoms with van der Waals surface area (Å²) in [5.74, 6) is 0.731. The van der Waals surface area contributed by atoms with Crippen molar-refractivity contribution in [2.75, 3.05) is 26.7 Å². The van der Waals surface area contributed by atoms with Crippen LogP contribution < -0.4 is 10.0 Å². The SMILES string of the molecule is CCNC(=NCCNS(=O)(=O)c1cccnc1)N(C)Cc1cccn1C. The summed E-state index contributed by atoms with van der Waals surface area (Å²) in [6.07, 6.45) is 4.86. The first-order chi connectivity index (χ1) is 12.4. The molecule has 0 radical (unpaired) electrons. The Kier molecular flexibility index (Phi) is 7.16. The molecule has 0 saturated heterocycles. The molecule has 0 bridgehead atoms. The first-order valence-corrected chi connectivity index (χ1v) is 9.91. The maximum absolute atomic E-state index is 12.2. The Labute approximate surface area is 155 Å². The summed E-state index contributed by atoms with van der Waals surface area (Å²) in [6.45, 7) is 3.98. The van der Waals surface area contributed by atoms with Gasteiger partial charge in [-0.25, -0.2) is 13.1 Å². The number of hydrogen-bond donors (Lipinski definition) is 2. The number of aryl methyl sites for hydroxylation is 1. The molecule has 2 aromatic rings. The number of nitrogens with zero attached hydrogens (tertiary/aromatic N) is 4. The molecule has 2 rings (SSSR count). The second-order valence-corrected chi connectivity index (χ2v) is 7.56. The predicted molar refractivity (Wildman–Crippen MR) is 102 cm³/mol. The Morgan fingerprint density at radius 1 is 1.35 bits per heavy atom. The van der Waals surface area contributed by atoms with Crippen LogP contribution in [-0.4, -0.2) is 55.5 Å². The number of aromatic nitrogens is 2. The second kappa shape index (κ2) is 9.35. The molecule has 2 heterocycles. The van der Waals surface area contributed by atoms with E-state index in [1.165, 1.54) is 18.5 Å². The third-order valence-corrected chi connectivity index (χ3v) is 5.20. The van der Waals surface area contributed by atoms with E-state index < -0.39 is 10.0 Å². The molecule has 0 fully saturated rings. The number of guanidine groups is 1. The van der Waals surface area contributed by atoms with E-state index in [1.54, 1.807) is 6.07 Å². The fourth-order valence-corrected chi connectivity index (χ4v) is 3.36. The number of rotatable bonds is 8. The third-order valence-electron chi connectivity index (χ3n) is 3.76. The fourth-order valence-electron chi connectivity index (χ4n) is 2.38. The normalized spacial score (nSPS) is 12.2. The Morgan fingerprint density at radius 3 is 2.77 bits per heavy atom. The number of nitrogens with one attached hydrogen (secondary N) is 2. The zero-order valence-corrected chi connectivity index (χ0v) is 16.2. The van der Waals surface area contributed by atoms with Gasteiger partial charge >= 0.3 is 0 Å². The molecule has 9 heteroatoms. The predicted octanol–water partition coefficient (Wildman–Crippen LogP) is 0.796. The Morgan fingerprint density at radius 2 is 2.15 bits per heavy atom. The lowest BCUT2D eigenvalue weighted by molar-refractivity contribution is 0.462. The Hall–Kier alpha value is -2.39. The standard InChI is InChI=1S/C17H26N6O2S/c1-4-19-17(23(3)14-15-7-6-12-22(15)2)20-10-11-21-26(24,25)16-8-5-9-18-13-16/h5-9,12-13,21H,4,10-11,14H2,1-3H3,(H,19,20). The summed E-state index contributed by atoms with van der Waals surface area (Å²) < 4.78 is 28.9. The van der Waals surface area contributed by atoms with Gasteiger partial charge in [0.25, 0.3) is 0 Å². The van der Waals surface area contributed by atoms with E-state index >= 15 is 0 Å². The van der Waals surface area contributed by atoms with Gasteiger partial charge in [-0.05, 0) is 31.2 Å². The Balaban J connectivity index is 1.93. The van der Waals surface area contributed by atoms with Gasteiger partial charge in [-0.3, -0.25) is 9.98 Å². The van der Waals surface area contributed by atoms with Crippen LogP contribution in [0.5, 0.6) is 0 Å². The van der Waals surface area contributed by atoms with Crippen LogP contribution in [0.25, 0.3) is 0 Å². The largest absolute Gasteiger partial charge is 0.357 e. The summed E-state index contributed by atoms with van der Waals surface area (Å²) in [5, 5.41) is 3.22. The van der Waals surface area contributed by atoms with Crippen molar-refractivity contribution < 1.29 is 8.42 Å². The molecule has 0 amide bonds. The van der Waals surface area contributed by atoms with E-state index in [0.29, 0.717) is 13.1 Å². The topological polar surface area (TPSA) is 91.6 Å². The zero-order chi connectivity index (χ0) is 19.0. The summed E-state index contributed by atoms with van der Waals surface area (Å²) >= 11 is 0. The van der Waals surface area contributed by atoms with Crippen LogP contribution in [-0.2, 0) is 23.6 Å². The number of sulfonamides is 1. The highest BCUT2D eigenvalue weighted by molar-refractivity contribution is 7.89. The third kappa shape index (κ3) is 5.57.